The van der Waals surface area contributed by atoms with E-state index in [9.17, 15) is 13.2 Å². The first-order valence-corrected chi connectivity index (χ1v) is 13.2. The highest BCUT2D eigenvalue weighted by molar-refractivity contribution is 7.89. The van der Waals surface area contributed by atoms with Gasteiger partial charge in [-0.2, -0.15) is 0 Å². The minimum atomic E-state index is -3.63. The number of amides is 1. The summed E-state index contributed by atoms with van der Waals surface area (Å²) in [7, 11) is 0.178. The summed E-state index contributed by atoms with van der Waals surface area (Å²) in [5, 5.41) is 3.24. The number of carbonyl (C=O) groups excluding carboxylic acids is 1. The van der Waals surface area contributed by atoms with E-state index >= 15 is 0 Å². The fourth-order valence-electron chi connectivity index (χ4n) is 4.73. The third-order valence-corrected chi connectivity index (χ3v) is 8.14. The molecule has 0 aliphatic carbocycles. The number of benzene rings is 1. The van der Waals surface area contributed by atoms with Crippen LogP contribution in [0.5, 0.6) is 0 Å². The molecule has 0 spiro atoms. The van der Waals surface area contributed by atoms with Gasteiger partial charge in [0.05, 0.1) is 22.5 Å². The molecule has 0 bridgehead atoms. The van der Waals surface area contributed by atoms with Gasteiger partial charge in [-0.05, 0) is 71.9 Å². The number of nitrogens with one attached hydrogen (secondary N) is 2. The van der Waals surface area contributed by atoms with Crippen LogP contribution in [0.3, 0.4) is 0 Å². The summed E-state index contributed by atoms with van der Waals surface area (Å²) in [6.07, 6.45) is 3.28. The Morgan fingerprint density at radius 2 is 1.79 bits per heavy atom. The van der Waals surface area contributed by atoms with Crippen molar-refractivity contribution in [2.75, 3.05) is 42.3 Å². The van der Waals surface area contributed by atoms with Crippen molar-refractivity contribution in [3.05, 3.63) is 36.5 Å². The van der Waals surface area contributed by atoms with E-state index in [1.165, 1.54) is 0 Å². The highest BCUT2D eigenvalue weighted by Crippen LogP contribution is 2.38. The number of likely N-dealkylation sites (N-methyl/N-ethyl adjacent to an activating group) is 1. The third-order valence-electron chi connectivity index (χ3n) is 6.62. The molecule has 34 heavy (non-hydrogen) atoms. The third kappa shape index (κ3) is 4.89. The van der Waals surface area contributed by atoms with E-state index < -0.39 is 10.0 Å². The second-order valence-electron chi connectivity index (χ2n) is 9.48. The lowest BCUT2D eigenvalue weighted by Crippen LogP contribution is -2.53. The van der Waals surface area contributed by atoms with E-state index in [1.54, 1.807) is 36.3 Å². The number of rotatable bonds is 6. The van der Waals surface area contributed by atoms with Crippen LogP contribution in [0.4, 0.5) is 22.9 Å². The van der Waals surface area contributed by atoms with Crippen LogP contribution < -0.4 is 19.8 Å². The fourth-order valence-corrected chi connectivity index (χ4v) is 6.08. The first-order chi connectivity index (χ1) is 16.1. The Labute approximate surface area is 202 Å². The molecule has 1 amide bonds. The van der Waals surface area contributed by atoms with Gasteiger partial charge < -0.3 is 20.0 Å². The zero-order valence-corrected chi connectivity index (χ0v) is 21.3. The SMILES string of the molecule is CC(C)N1c2cc(Nc3cccc(S(=O)(=O)NC4CCN(C)CC4)c3)ncc2N(C)C(=O)[C@H]1C. The van der Waals surface area contributed by atoms with Crippen LogP contribution in [0.2, 0.25) is 0 Å². The molecule has 1 saturated heterocycles. The summed E-state index contributed by atoms with van der Waals surface area (Å²) < 4.78 is 28.8. The molecule has 1 aromatic carbocycles. The van der Waals surface area contributed by atoms with Crippen LogP contribution >= 0.6 is 0 Å². The number of carbonyl (C=O) groups is 1. The highest BCUT2D eigenvalue weighted by atomic mass is 32.2. The predicted molar refractivity (Wildman–Crippen MR) is 135 cm³/mol. The Morgan fingerprint density at radius 1 is 1.09 bits per heavy atom. The number of pyridine rings is 1. The Kier molecular flexibility index (Phi) is 6.84. The molecular formula is C24H34N6O3S. The molecule has 9 nitrogen and oxygen atoms in total. The van der Waals surface area contributed by atoms with Crippen molar-refractivity contribution in [2.45, 2.75) is 56.6 Å². The van der Waals surface area contributed by atoms with Crippen molar-refractivity contribution < 1.29 is 13.2 Å². The van der Waals surface area contributed by atoms with Gasteiger partial charge in [0.2, 0.25) is 15.9 Å². The molecule has 0 unspecified atom stereocenters. The number of hydrogen-bond donors (Lipinski definition) is 2. The molecule has 2 N–H and O–H groups in total. The van der Waals surface area contributed by atoms with E-state index in [-0.39, 0.29) is 28.9 Å². The summed E-state index contributed by atoms with van der Waals surface area (Å²) in [4.78, 5) is 23.3. The van der Waals surface area contributed by atoms with Crippen molar-refractivity contribution in [3.63, 3.8) is 0 Å². The van der Waals surface area contributed by atoms with Crippen LogP contribution in [-0.2, 0) is 14.8 Å². The van der Waals surface area contributed by atoms with Gasteiger partial charge in [-0.25, -0.2) is 18.1 Å². The first-order valence-electron chi connectivity index (χ1n) is 11.7. The average molecular weight is 487 g/mol. The van der Waals surface area contributed by atoms with E-state index in [1.807, 2.05) is 26.1 Å². The summed E-state index contributed by atoms with van der Waals surface area (Å²) in [5.74, 6) is 0.607. The number of piperidine rings is 1. The van der Waals surface area contributed by atoms with Crippen molar-refractivity contribution in [3.8, 4) is 0 Å². The fraction of sp³-hybridized carbons (Fsp3) is 0.500. The number of aromatic nitrogens is 1. The van der Waals surface area contributed by atoms with Crippen molar-refractivity contribution >= 4 is 38.8 Å². The largest absolute Gasteiger partial charge is 0.355 e. The quantitative estimate of drug-likeness (QED) is 0.648. The number of hydrogen-bond acceptors (Lipinski definition) is 7. The van der Waals surface area contributed by atoms with E-state index in [4.69, 9.17) is 0 Å². The maximum absolute atomic E-state index is 13.0. The molecular weight excluding hydrogens is 452 g/mol. The second-order valence-corrected chi connectivity index (χ2v) is 11.2. The highest BCUT2D eigenvalue weighted by Gasteiger charge is 2.35. The monoisotopic (exact) mass is 486 g/mol. The van der Waals surface area contributed by atoms with Crippen molar-refractivity contribution in [2.24, 2.45) is 0 Å². The van der Waals surface area contributed by atoms with Crippen LogP contribution in [0.25, 0.3) is 0 Å². The zero-order valence-electron chi connectivity index (χ0n) is 20.4. The molecule has 10 heteroatoms. The summed E-state index contributed by atoms with van der Waals surface area (Å²) in [5.41, 5.74) is 2.29. The Morgan fingerprint density at radius 3 is 2.47 bits per heavy atom. The number of likely N-dealkylation sites (tertiary alicyclic amines) is 1. The van der Waals surface area contributed by atoms with Crippen LogP contribution in [0, 0.1) is 0 Å². The van der Waals surface area contributed by atoms with Gasteiger partial charge in [-0.1, -0.05) is 6.07 Å². The van der Waals surface area contributed by atoms with Gasteiger partial charge in [-0.15, -0.1) is 0 Å². The number of sulfonamides is 1. The Hall–Kier alpha value is -2.69. The maximum Gasteiger partial charge on any atom is 0.249 e. The predicted octanol–water partition coefficient (Wildman–Crippen LogP) is 2.78. The second kappa shape index (κ2) is 9.52. The van der Waals surface area contributed by atoms with E-state index in [2.05, 4.69) is 38.7 Å². The maximum atomic E-state index is 13.0. The average Bonchev–Trinajstić information content (AvgIpc) is 2.79. The molecule has 0 radical (unpaired) electrons. The molecule has 1 atom stereocenters. The molecule has 1 aromatic heterocycles. The lowest BCUT2D eigenvalue weighted by molar-refractivity contribution is -0.119. The minimum absolute atomic E-state index is 0.0266. The first kappa shape index (κ1) is 24.4. The molecule has 0 saturated carbocycles. The Bertz CT molecular complexity index is 1160. The van der Waals surface area contributed by atoms with Gasteiger partial charge in [0.15, 0.2) is 0 Å². The van der Waals surface area contributed by atoms with Gasteiger partial charge in [0.1, 0.15) is 11.9 Å². The van der Waals surface area contributed by atoms with Gasteiger partial charge in [0, 0.05) is 30.9 Å². The number of anilines is 4. The number of fused-ring (bicyclic) bond motifs is 1. The van der Waals surface area contributed by atoms with E-state index in [0.717, 1.165) is 37.3 Å². The van der Waals surface area contributed by atoms with Crippen molar-refractivity contribution in [1.82, 2.24) is 14.6 Å². The normalized spacial score (nSPS) is 20.1. The molecule has 3 heterocycles. The van der Waals surface area contributed by atoms with Gasteiger partial charge in [-0.3, -0.25) is 4.79 Å². The summed E-state index contributed by atoms with van der Waals surface area (Å²) >= 11 is 0. The topological polar surface area (TPSA) is 97.9 Å². The molecule has 184 valence electrons. The summed E-state index contributed by atoms with van der Waals surface area (Å²) in [6.45, 7) is 7.77. The van der Waals surface area contributed by atoms with E-state index in [0.29, 0.717) is 11.5 Å². The van der Waals surface area contributed by atoms with Gasteiger partial charge >= 0.3 is 0 Å². The molecule has 2 aromatic rings. The molecule has 1 fully saturated rings. The lowest BCUT2D eigenvalue weighted by Gasteiger charge is -2.42. The molecule has 4 rings (SSSR count). The minimum Gasteiger partial charge on any atom is -0.355 e. The zero-order chi connectivity index (χ0) is 24.6. The summed E-state index contributed by atoms with van der Waals surface area (Å²) in [6, 6.07) is 8.46. The van der Waals surface area contributed by atoms with Crippen LogP contribution in [0.15, 0.2) is 41.4 Å². The van der Waals surface area contributed by atoms with Gasteiger partial charge in [0.25, 0.3) is 0 Å². The van der Waals surface area contributed by atoms with Crippen LogP contribution in [0.1, 0.15) is 33.6 Å². The lowest BCUT2D eigenvalue weighted by atomic mass is 10.1. The van der Waals surface area contributed by atoms with Crippen molar-refractivity contribution in [1.29, 1.82) is 0 Å². The standard InChI is InChI=1S/C24H34N6O3S/c1-16(2)30-17(3)24(31)29(5)22-15-25-23(14-21(22)30)26-19-7-6-8-20(13-19)34(32,33)27-18-9-11-28(4)12-10-18/h6-8,13-18,27H,9-12H2,1-5H3,(H,25,26)/t17-/m1/s1. The molecule has 2 aliphatic rings. The number of nitrogens with zero attached hydrogens (tertiary/aromatic N) is 4. The van der Waals surface area contributed by atoms with Crippen LogP contribution in [-0.4, -0.2) is 69.5 Å². The molecule has 2 aliphatic heterocycles. The smallest absolute Gasteiger partial charge is 0.249 e. The Balaban J connectivity index is 1.56.